The van der Waals surface area contributed by atoms with Crippen LogP contribution in [0.15, 0.2) is 45.5 Å². The molecule has 3 rings (SSSR count). The first-order valence-electron chi connectivity index (χ1n) is 7.27. The van der Waals surface area contributed by atoms with E-state index in [4.69, 9.17) is 0 Å². The summed E-state index contributed by atoms with van der Waals surface area (Å²) >= 11 is 7.06. The van der Waals surface area contributed by atoms with Crippen LogP contribution in [0.4, 0.5) is 0 Å². The van der Waals surface area contributed by atoms with Crippen LogP contribution >= 0.6 is 31.9 Å². The van der Waals surface area contributed by atoms with Crippen molar-refractivity contribution >= 4 is 31.9 Å². The normalized spacial score (nSPS) is 16.5. The van der Waals surface area contributed by atoms with Gasteiger partial charge < -0.3 is 5.32 Å². The van der Waals surface area contributed by atoms with E-state index in [-0.39, 0.29) is 6.04 Å². The van der Waals surface area contributed by atoms with E-state index >= 15 is 0 Å². The van der Waals surface area contributed by atoms with Gasteiger partial charge in [0.1, 0.15) is 0 Å². The fourth-order valence-corrected chi connectivity index (χ4v) is 4.02. The molecular formula is C17H18Br2N2. The fraction of sp³-hybridized carbons (Fsp3) is 0.353. The van der Waals surface area contributed by atoms with Gasteiger partial charge in [0, 0.05) is 15.1 Å². The van der Waals surface area contributed by atoms with Crippen LogP contribution in [0.3, 0.4) is 0 Å². The summed E-state index contributed by atoms with van der Waals surface area (Å²) in [5.41, 5.74) is 3.73. The Labute approximate surface area is 142 Å². The standard InChI is InChI=1S/C17H18Br2N2/c1-20-16(17-15(19)9-14(18)10-21-17)13-7-5-12(6-8-13)11-3-2-4-11/h5-11,16,20H,2-4H2,1H3. The van der Waals surface area contributed by atoms with Crippen LogP contribution in [0.5, 0.6) is 0 Å². The van der Waals surface area contributed by atoms with Gasteiger partial charge in [-0.2, -0.15) is 0 Å². The topological polar surface area (TPSA) is 24.9 Å². The summed E-state index contributed by atoms with van der Waals surface area (Å²) in [7, 11) is 1.97. The van der Waals surface area contributed by atoms with E-state index in [1.54, 1.807) is 0 Å². The molecule has 0 bridgehead atoms. The Hall–Kier alpha value is -0.710. The van der Waals surface area contributed by atoms with E-state index in [1.165, 1.54) is 30.4 Å². The van der Waals surface area contributed by atoms with Crippen LogP contribution in [0.25, 0.3) is 0 Å². The molecule has 1 atom stereocenters. The minimum Gasteiger partial charge on any atom is -0.308 e. The molecule has 2 nitrogen and oxygen atoms in total. The van der Waals surface area contributed by atoms with Crippen molar-refractivity contribution in [2.75, 3.05) is 7.05 Å². The Kier molecular flexibility index (Phi) is 4.77. The zero-order valence-corrected chi connectivity index (χ0v) is 15.1. The molecule has 1 aromatic carbocycles. The molecule has 1 saturated carbocycles. The first-order chi connectivity index (χ1) is 10.2. The smallest absolute Gasteiger partial charge is 0.0761 e. The first-order valence-corrected chi connectivity index (χ1v) is 8.85. The lowest BCUT2D eigenvalue weighted by Gasteiger charge is -2.26. The molecule has 1 unspecified atom stereocenters. The Morgan fingerprint density at radius 1 is 1.19 bits per heavy atom. The zero-order chi connectivity index (χ0) is 14.8. The Bertz CT molecular complexity index is 621. The number of benzene rings is 1. The molecular weight excluding hydrogens is 392 g/mol. The van der Waals surface area contributed by atoms with Crippen LogP contribution in [0.2, 0.25) is 0 Å². The third kappa shape index (κ3) is 3.22. The highest BCUT2D eigenvalue weighted by Gasteiger charge is 2.21. The third-order valence-electron chi connectivity index (χ3n) is 4.24. The maximum absolute atomic E-state index is 4.55. The van der Waals surface area contributed by atoms with Crippen molar-refractivity contribution in [2.24, 2.45) is 0 Å². The summed E-state index contributed by atoms with van der Waals surface area (Å²) in [6.07, 6.45) is 5.90. The van der Waals surface area contributed by atoms with Gasteiger partial charge in [-0.1, -0.05) is 30.7 Å². The minimum atomic E-state index is 0.0999. The van der Waals surface area contributed by atoms with Gasteiger partial charge in [-0.15, -0.1) is 0 Å². The Balaban J connectivity index is 1.88. The van der Waals surface area contributed by atoms with Crippen LogP contribution in [0.1, 0.15) is 48.0 Å². The van der Waals surface area contributed by atoms with E-state index in [0.717, 1.165) is 20.6 Å². The monoisotopic (exact) mass is 408 g/mol. The molecule has 0 radical (unpaired) electrons. The number of hydrogen-bond acceptors (Lipinski definition) is 2. The Morgan fingerprint density at radius 2 is 1.90 bits per heavy atom. The van der Waals surface area contributed by atoms with Gasteiger partial charge in [0.15, 0.2) is 0 Å². The summed E-state index contributed by atoms with van der Waals surface area (Å²) in [6, 6.07) is 11.1. The van der Waals surface area contributed by atoms with Gasteiger partial charge in [0.05, 0.1) is 11.7 Å². The largest absolute Gasteiger partial charge is 0.308 e. The van der Waals surface area contributed by atoms with Crippen LogP contribution < -0.4 is 5.32 Å². The predicted molar refractivity (Wildman–Crippen MR) is 93.6 cm³/mol. The molecule has 1 aliphatic carbocycles. The minimum absolute atomic E-state index is 0.0999. The molecule has 1 aromatic heterocycles. The van der Waals surface area contributed by atoms with E-state index in [0.29, 0.717) is 0 Å². The number of halogens is 2. The number of hydrogen-bond donors (Lipinski definition) is 1. The number of aromatic nitrogens is 1. The molecule has 4 heteroatoms. The van der Waals surface area contributed by atoms with Crippen LogP contribution in [-0.2, 0) is 0 Å². The number of nitrogens with one attached hydrogen (secondary N) is 1. The maximum atomic E-state index is 4.55. The lowest BCUT2D eigenvalue weighted by atomic mass is 9.80. The van der Waals surface area contributed by atoms with E-state index in [9.17, 15) is 0 Å². The van der Waals surface area contributed by atoms with Crippen molar-refractivity contribution in [3.63, 3.8) is 0 Å². The third-order valence-corrected chi connectivity index (χ3v) is 5.31. The molecule has 0 spiro atoms. The van der Waals surface area contributed by atoms with Gasteiger partial charge in [0.2, 0.25) is 0 Å². The molecule has 1 aliphatic rings. The summed E-state index contributed by atoms with van der Waals surface area (Å²) in [4.78, 5) is 4.55. The van der Waals surface area contributed by atoms with Gasteiger partial charge in [-0.05, 0) is 74.9 Å². The highest BCUT2D eigenvalue weighted by Crippen LogP contribution is 2.37. The summed E-state index contributed by atoms with van der Waals surface area (Å²) < 4.78 is 1.99. The van der Waals surface area contributed by atoms with Crippen molar-refractivity contribution in [2.45, 2.75) is 31.2 Å². The zero-order valence-electron chi connectivity index (χ0n) is 11.9. The number of nitrogens with zero attached hydrogens (tertiary/aromatic N) is 1. The Morgan fingerprint density at radius 3 is 2.43 bits per heavy atom. The van der Waals surface area contributed by atoms with Crippen molar-refractivity contribution in [1.82, 2.24) is 10.3 Å². The molecule has 0 amide bonds. The molecule has 2 aromatic rings. The average Bonchev–Trinajstić information content (AvgIpc) is 2.42. The fourth-order valence-electron chi connectivity index (χ4n) is 2.80. The van der Waals surface area contributed by atoms with Crippen molar-refractivity contribution in [3.8, 4) is 0 Å². The SMILES string of the molecule is CNC(c1ccc(C2CCC2)cc1)c1ncc(Br)cc1Br. The number of rotatable bonds is 4. The molecule has 110 valence electrons. The van der Waals surface area contributed by atoms with Crippen molar-refractivity contribution < 1.29 is 0 Å². The molecule has 0 aliphatic heterocycles. The lowest BCUT2D eigenvalue weighted by molar-refractivity contribution is 0.419. The molecule has 21 heavy (non-hydrogen) atoms. The van der Waals surface area contributed by atoms with Gasteiger partial charge in [-0.3, -0.25) is 4.98 Å². The molecule has 1 heterocycles. The quantitative estimate of drug-likeness (QED) is 0.752. The van der Waals surface area contributed by atoms with Gasteiger partial charge in [0.25, 0.3) is 0 Å². The highest BCUT2D eigenvalue weighted by molar-refractivity contribution is 9.11. The van der Waals surface area contributed by atoms with Crippen LogP contribution in [-0.4, -0.2) is 12.0 Å². The second-order valence-electron chi connectivity index (χ2n) is 5.54. The molecule has 0 saturated heterocycles. The van der Waals surface area contributed by atoms with E-state index in [2.05, 4.69) is 66.4 Å². The van der Waals surface area contributed by atoms with E-state index < -0.39 is 0 Å². The summed E-state index contributed by atoms with van der Waals surface area (Å²) in [5, 5.41) is 3.36. The first kappa shape index (κ1) is 15.2. The molecule has 1 fully saturated rings. The maximum Gasteiger partial charge on any atom is 0.0761 e. The van der Waals surface area contributed by atoms with Gasteiger partial charge in [-0.25, -0.2) is 0 Å². The second-order valence-corrected chi connectivity index (χ2v) is 7.31. The van der Waals surface area contributed by atoms with Crippen molar-refractivity contribution in [3.05, 3.63) is 62.3 Å². The molecule has 1 N–H and O–H groups in total. The lowest BCUT2D eigenvalue weighted by Crippen LogP contribution is -2.19. The van der Waals surface area contributed by atoms with Crippen molar-refractivity contribution in [1.29, 1.82) is 0 Å². The van der Waals surface area contributed by atoms with E-state index in [1.807, 2.05) is 19.3 Å². The summed E-state index contributed by atoms with van der Waals surface area (Å²) in [6.45, 7) is 0. The average molecular weight is 410 g/mol. The van der Waals surface area contributed by atoms with Gasteiger partial charge >= 0.3 is 0 Å². The predicted octanol–water partition coefficient (Wildman–Crippen LogP) is 5.18. The highest BCUT2D eigenvalue weighted by atomic mass is 79.9. The summed E-state index contributed by atoms with van der Waals surface area (Å²) in [5.74, 6) is 0.782. The second kappa shape index (κ2) is 6.59. The number of pyridine rings is 1. The van der Waals surface area contributed by atoms with Crippen LogP contribution in [0, 0.1) is 0 Å².